The van der Waals surface area contributed by atoms with Crippen LogP contribution < -0.4 is 5.32 Å². The van der Waals surface area contributed by atoms with Crippen LogP contribution in [-0.4, -0.2) is 68.0 Å². The molecule has 1 saturated heterocycles. The topological polar surface area (TPSA) is 112 Å². The number of nitrogens with zero attached hydrogens (tertiary/aromatic N) is 5. The van der Waals surface area contributed by atoms with E-state index in [-0.39, 0.29) is 11.9 Å². The second kappa shape index (κ2) is 7.09. The maximum absolute atomic E-state index is 12.0. The number of carboxylic acid groups (broad SMARTS) is 1. The fraction of sp³-hybridized carbons (Fsp3) is 0.353. The van der Waals surface area contributed by atoms with Gasteiger partial charge in [-0.15, -0.1) is 0 Å². The predicted molar refractivity (Wildman–Crippen MR) is 95.4 cm³/mol. The van der Waals surface area contributed by atoms with Crippen molar-refractivity contribution in [1.82, 2.24) is 30.1 Å². The van der Waals surface area contributed by atoms with Crippen LogP contribution in [0, 0.1) is 0 Å². The van der Waals surface area contributed by atoms with Gasteiger partial charge in [0.2, 0.25) is 0 Å². The summed E-state index contributed by atoms with van der Waals surface area (Å²) in [5, 5.41) is 12.9. The summed E-state index contributed by atoms with van der Waals surface area (Å²) in [4.78, 5) is 39.8. The number of fused-ring (bicyclic) bond motifs is 1. The Hall–Kier alpha value is -2.78. The lowest BCUT2D eigenvalue weighted by Gasteiger charge is -2.40. The van der Waals surface area contributed by atoms with Crippen molar-refractivity contribution in [1.29, 1.82) is 0 Å². The van der Waals surface area contributed by atoms with Gasteiger partial charge >= 0.3 is 6.09 Å². The molecule has 9 nitrogen and oxygen atoms in total. The van der Waals surface area contributed by atoms with E-state index in [1.54, 1.807) is 18.3 Å². The molecule has 0 aromatic carbocycles. The van der Waals surface area contributed by atoms with Crippen LogP contribution in [0.15, 0.2) is 30.7 Å². The van der Waals surface area contributed by atoms with Gasteiger partial charge in [-0.2, -0.15) is 0 Å². The number of carbonyl (C=O) groups excluding carboxylic acids is 1. The van der Waals surface area contributed by atoms with Crippen LogP contribution in [0.5, 0.6) is 0 Å². The molecule has 1 fully saturated rings. The van der Waals surface area contributed by atoms with Gasteiger partial charge in [0.15, 0.2) is 5.69 Å². The Balaban J connectivity index is 1.53. The largest absolute Gasteiger partial charge is 0.465 e. The van der Waals surface area contributed by atoms with E-state index >= 15 is 0 Å². The number of nitrogens with one attached hydrogen (secondary N) is 1. The fourth-order valence-electron chi connectivity index (χ4n) is 3.54. The highest BCUT2D eigenvalue weighted by molar-refractivity contribution is 6.30. The molecule has 2 atom stereocenters. The van der Waals surface area contributed by atoms with E-state index < -0.39 is 12.1 Å². The first-order valence-corrected chi connectivity index (χ1v) is 8.86. The van der Waals surface area contributed by atoms with Crippen LogP contribution in [0.4, 0.5) is 4.79 Å². The predicted octanol–water partition coefficient (Wildman–Crippen LogP) is 1.35. The van der Waals surface area contributed by atoms with Crippen LogP contribution in [0.25, 0.3) is 0 Å². The van der Waals surface area contributed by atoms with Crippen LogP contribution in [0.2, 0.25) is 5.02 Å². The van der Waals surface area contributed by atoms with Crippen molar-refractivity contribution in [2.24, 2.45) is 0 Å². The second-order valence-corrected chi connectivity index (χ2v) is 6.91. The van der Waals surface area contributed by atoms with E-state index in [0.717, 1.165) is 0 Å². The molecule has 2 aromatic rings. The number of carbonyl (C=O) groups is 2. The third-order valence-corrected chi connectivity index (χ3v) is 5.04. The smallest absolute Gasteiger partial charge is 0.407 e. The molecule has 27 heavy (non-hydrogen) atoms. The molecule has 0 saturated carbocycles. The summed E-state index contributed by atoms with van der Waals surface area (Å²) in [5.74, 6) is -0.233. The summed E-state index contributed by atoms with van der Waals surface area (Å²) in [6.07, 6.45) is 3.59. The molecule has 2 amide bonds. The quantitative estimate of drug-likeness (QED) is 0.816. The minimum absolute atomic E-state index is 0.233. The lowest BCUT2D eigenvalue weighted by atomic mass is 10.1. The first-order chi connectivity index (χ1) is 13.0. The van der Waals surface area contributed by atoms with Crippen molar-refractivity contribution >= 4 is 23.6 Å². The van der Waals surface area contributed by atoms with Crippen molar-refractivity contribution in [3.05, 3.63) is 52.8 Å². The molecule has 2 aromatic heterocycles. The first kappa shape index (κ1) is 17.6. The zero-order valence-corrected chi connectivity index (χ0v) is 15.0. The van der Waals surface area contributed by atoms with E-state index in [4.69, 9.17) is 11.6 Å². The first-order valence-electron chi connectivity index (χ1n) is 8.48. The van der Waals surface area contributed by atoms with Crippen molar-refractivity contribution < 1.29 is 14.7 Å². The van der Waals surface area contributed by atoms with Crippen LogP contribution >= 0.6 is 11.6 Å². The van der Waals surface area contributed by atoms with Crippen molar-refractivity contribution in [3.63, 3.8) is 0 Å². The second-order valence-electron chi connectivity index (χ2n) is 6.47. The third-order valence-electron chi connectivity index (χ3n) is 4.82. The lowest BCUT2D eigenvalue weighted by Crippen LogP contribution is -2.51. The Morgan fingerprint density at radius 1 is 1.26 bits per heavy atom. The minimum Gasteiger partial charge on any atom is -0.465 e. The number of hydrogen-bond donors (Lipinski definition) is 2. The number of hydrogen-bond acceptors (Lipinski definition) is 6. The molecule has 0 bridgehead atoms. The average Bonchev–Trinajstić information content (AvgIpc) is 2.98. The number of rotatable bonds is 3. The Kier molecular flexibility index (Phi) is 4.63. The number of pyridine rings is 1. The van der Waals surface area contributed by atoms with E-state index in [1.165, 1.54) is 17.3 Å². The van der Waals surface area contributed by atoms with Crippen LogP contribution in [-0.2, 0) is 0 Å². The highest BCUT2D eigenvalue weighted by Crippen LogP contribution is 2.28. The summed E-state index contributed by atoms with van der Waals surface area (Å²) >= 11 is 5.90. The van der Waals surface area contributed by atoms with Crippen LogP contribution in [0.3, 0.4) is 0 Å². The van der Waals surface area contributed by atoms with Crippen molar-refractivity contribution in [2.75, 3.05) is 26.2 Å². The van der Waals surface area contributed by atoms with Gasteiger partial charge in [0.05, 0.1) is 28.5 Å². The van der Waals surface area contributed by atoms with Gasteiger partial charge in [-0.25, -0.2) is 9.78 Å². The molecule has 4 rings (SSSR count). The molecule has 2 aliphatic heterocycles. The zero-order valence-electron chi connectivity index (χ0n) is 14.2. The Bertz CT molecular complexity index is 877. The number of aromatic nitrogens is 3. The maximum atomic E-state index is 12.0. The summed E-state index contributed by atoms with van der Waals surface area (Å²) < 4.78 is 0. The van der Waals surface area contributed by atoms with Crippen molar-refractivity contribution in [2.45, 2.75) is 12.1 Å². The fourth-order valence-corrected chi connectivity index (χ4v) is 3.65. The monoisotopic (exact) mass is 388 g/mol. The molecule has 2 unspecified atom stereocenters. The van der Waals surface area contributed by atoms with E-state index in [1.807, 2.05) is 0 Å². The summed E-state index contributed by atoms with van der Waals surface area (Å²) in [6.45, 7) is 1.88. The molecule has 0 aliphatic carbocycles. The SMILES string of the molecule is O=C1NC(CN2CCN(C(=O)O)C(c3ccc(Cl)cn3)C2)c2nccnc21. The van der Waals surface area contributed by atoms with Gasteiger partial charge in [0.1, 0.15) is 0 Å². The molecule has 2 N–H and O–H groups in total. The van der Waals surface area contributed by atoms with E-state index in [9.17, 15) is 14.7 Å². The molecule has 0 spiro atoms. The minimum atomic E-state index is -0.984. The zero-order chi connectivity index (χ0) is 19.0. The maximum Gasteiger partial charge on any atom is 0.407 e. The van der Waals surface area contributed by atoms with E-state index in [0.29, 0.717) is 48.3 Å². The van der Waals surface area contributed by atoms with E-state index in [2.05, 4.69) is 25.2 Å². The lowest BCUT2D eigenvalue weighted by molar-refractivity contribution is 0.0612. The number of piperazine rings is 1. The Labute approximate surface area is 160 Å². The summed E-state index contributed by atoms with van der Waals surface area (Å²) in [6, 6.07) is 2.76. The van der Waals surface area contributed by atoms with Gasteiger partial charge in [-0.3, -0.25) is 24.6 Å². The molecular weight excluding hydrogens is 372 g/mol. The molecule has 140 valence electrons. The third kappa shape index (κ3) is 3.43. The highest BCUT2D eigenvalue weighted by atomic mass is 35.5. The normalized spacial score (nSPS) is 22.4. The highest BCUT2D eigenvalue weighted by Gasteiger charge is 2.36. The summed E-state index contributed by atoms with van der Waals surface area (Å²) in [5.41, 5.74) is 1.62. The molecule has 10 heteroatoms. The van der Waals surface area contributed by atoms with Gasteiger partial charge in [0, 0.05) is 44.8 Å². The molecule has 0 radical (unpaired) electrons. The van der Waals surface area contributed by atoms with Gasteiger partial charge in [-0.1, -0.05) is 11.6 Å². The van der Waals surface area contributed by atoms with Crippen LogP contribution in [0.1, 0.15) is 34.0 Å². The van der Waals surface area contributed by atoms with Crippen molar-refractivity contribution in [3.8, 4) is 0 Å². The summed E-state index contributed by atoms with van der Waals surface area (Å²) in [7, 11) is 0. The van der Waals surface area contributed by atoms with Gasteiger partial charge in [0.25, 0.3) is 5.91 Å². The van der Waals surface area contributed by atoms with Gasteiger partial charge < -0.3 is 10.4 Å². The number of halogens is 1. The van der Waals surface area contributed by atoms with Gasteiger partial charge in [-0.05, 0) is 12.1 Å². The molecule has 4 heterocycles. The molecular formula is C17H17ClN6O3. The standard InChI is InChI=1S/C17H17ClN6O3/c18-10-1-2-11(21-7-10)13-9-23(5-6-24(13)17(26)27)8-12-14-15(16(25)22-12)20-4-3-19-14/h1-4,7,12-13H,5-6,8-9H2,(H,22,25)(H,26,27). The molecule has 2 aliphatic rings. The number of amides is 2. The average molecular weight is 389 g/mol. The Morgan fingerprint density at radius 3 is 2.81 bits per heavy atom. The Morgan fingerprint density at radius 2 is 2.07 bits per heavy atom.